The van der Waals surface area contributed by atoms with Crippen LogP contribution >= 0.6 is 0 Å². The van der Waals surface area contributed by atoms with Crippen molar-refractivity contribution in [2.45, 2.75) is 60.0 Å². The van der Waals surface area contributed by atoms with Gasteiger partial charge >= 0.3 is 5.97 Å². The average molecular weight is 441 g/mol. The van der Waals surface area contributed by atoms with Crippen molar-refractivity contribution in [3.8, 4) is 0 Å². The number of esters is 1. The van der Waals surface area contributed by atoms with E-state index in [4.69, 9.17) is 4.74 Å². The molecule has 0 saturated carbocycles. The van der Waals surface area contributed by atoms with Gasteiger partial charge in [-0.1, -0.05) is 26.0 Å². The van der Waals surface area contributed by atoms with Crippen molar-refractivity contribution in [1.29, 1.82) is 0 Å². The maximum atomic E-state index is 13.7. The van der Waals surface area contributed by atoms with Gasteiger partial charge in [0.25, 0.3) is 5.91 Å². The van der Waals surface area contributed by atoms with Crippen LogP contribution in [0.3, 0.4) is 0 Å². The summed E-state index contributed by atoms with van der Waals surface area (Å²) in [6.45, 7) is 12.4. The lowest BCUT2D eigenvalue weighted by Crippen LogP contribution is -2.64. The first-order valence-corrected chi connectivity index (χ1v) is 11.0. The van der Waals surface area contributed by atoms with Gasteiger partial charge in [0, 0.05) is 18.3 Å². The number of fused-ring (bicyclic) bond motifs is 1. The number of carbonyl (C=O) groups excluding carboxylic acids is 3. The van der Waals surface area contributed by atoms with E-state index in [2.05, 4.69) is 24.3 Å². The zero-order chi connectivity index (χ0) is 23.6. The number of amides is 2. The van der Waals surface area contributed by atoms with Crippen molar-refractivity contribution in [3.63, 3.8) is 0 Å². The van der Waals surface area contributed by atoms with Crippen LogP contribution in [0.5, 0.6) is 0 Å². The zero-order valence-corrected chi connectivity index (χ0v) is 19.7. The van der Waals surface area contributed by atoms with E-state index in [1.807, 2.05) is 32.0 Å². The Balaban J connectivity index is 2.08. The Hall–Kier alpha value is -3.16. The molecular formula is C24H32N4O4. The molecule has 8 heteroatoms. The van der Waals surface area contributed by atoms with Crippen molar-refractivity contribution >= 4 is 23.5 Å². The minimum Gasteiger partial charge on any atom is -0.461 e. The van der Waals surface area contributed by atoms with Gasteiger partial charge in [-0.05, 0) is 57.2 Å². The van der Waals surface area contributed by atoms with Crippen molar-refractivity contribution in [1.82, 2.24) is 15.1 Å². The molecule has 8 nitrogen and oxygen atoms in total. The first-order valence-electron chi connectivity index (χ1n) is 11.0. The van der Waals surface area contributed by atoms with E-state index in [1.165, 1.54) is 10.7 Å². The van der Waals surface area contributed by atoms with Crippen LogP contribution in [0.2, 0.25) is 0 Å². The van der Waals surface area contributed by atoms with Crippen LogP contribution in [-0.2, 0) is 16.1 Å². The van der Waals surface area contributed by atoms with Gasteiger partial charge in [0.05, 0.1) is 13.2 Å². The fourth-order valence-electron chi connectivity index (χ4n) is 3.91. The number of anilines is 1. The highest BCUT2D eigenvalue weighted by atomic mass is 16.5. The van der Waals surface area contributed by atoms with E-state index in [1.54, 1.807) is 18.7 Å². The Labute approximate surface area is 188 Å². The number of ether oxygens (including phenoxy) is 1. The molecule has 1 atom stereocenters. The van der Waals surface area contributed by atoms with Gasteiger partial charge in [-0.2, -0.15) is 5.10 Å². The molecule has 0 spiro atoms. The highest BCUT2D eigenvalue weighted by molar-refractivity contribution is 6.12. The maximum absolute atomic E-state index is 13.7. The van der Waals surface area contributed by atoms with E-state index in [0.29, 0.717) is 18.2 Å². The molecule has 172 valence electrons. The summed E-state index contributed by atoms with van der Waals surface area (Å²) >= 11 is 0. The second-order valence-electron chi connectivity index (χ2n) is 8.86. The largest absolute Gasteiger partial charge is 0.461 e. The average Bonchev–Trinajstić information content (AvgIpc) is 3.15. The van der Waals surface area contributed by atoms with Crippen LogP contribution in [0.4, 0.5) is 5.69 Å². The van der Waals surface area contributed by atoms with Crippen LogP contribution in [0.25, 0.3) is 0 Å². The number of hydrogen-bond acceptors (Lipinski definition) is 5. The molecule has 1 aromatic heterocycles. The lowest BCUT2D eigenvalue weighted by molar-refractivity contribution is -0.126. The molecule has 32 heavy (non-hydrogen) atoms. The van der Waals surface area contributed by atoms with Gasteiger partial charge in [-0.15, -0.1) is 0 Å². The minimum absolute atomic E-state index is 0.0561. The number of aromatic nitrogens is 2. The standard InChI is InChI=1S/C24H32N4O4/c1-7-32-22(30)18-13-20-21(29)28(19-10-8-9-16(4)17(19)5)24(6,14-27(20)26-18)23(31)25-12-11-15(2)3/h8-10,13,15H,7,11-12,14H2,1-6H3,(H,25,31)/t24-/m0/s1. The first kappa shape index (κ1) is 23.5. The predicted molar refractivity (Wildman–Crippen MR) is 122 cm³/mol. The first-order chi connectivity index (χ1) is 15.1. The number of carbonyl (C=O) groups is 3. The summed E-state index contributed by atoms with van der Waals surface area (Å²) in [5, 5.41) is 7.28. The van der Waals surface area contributed by atoms with Crippen LogP contribution < -0.4 is 10.2 Å². The summed E-state index contributed by atoms with van der Waals surface area (Å²) in [5.74, 6) is -0.791. The number of rotatable bonds is 7. The van der Waals surface area contributed by atoms with E-state index in [9.17, 15) is 14.4 Å². The molecule has 3 rings (SSSR count). The fourth-order valence-corrected chi connectivity index (χ4v) is 3.91. The summed E-state index contributed by atoms with van der Waals surface area (Å²) in [4.78, 5) is 40.9. The molecule has 1 aliphatic rings. The lowest BCUT2D eigenvalue weighted by Gasteiger charge is -2.43. The monoisotopic (exact) mass is 440 g/mol. The van der Waals surface area contributed by atoms with Crippen molar-refractivity contribution in [2.24, 2.45) is 5.92 Å². The SMILES string of the molecule is CCOC(=O)c1cc2n(n1)C[C@@](C)(C(=O)NCCC(C)C)N(c1cccc(C)c1C)C2=O. The number of hydrogen-bond donors (Lipinski definition) is 1. The third-order valence-corrected chi connectivity index (χ3v) is 5.95. The van der Waals surface area contributed by atoms with Gasteiger partial charge in [0.2, 0.25) is 5.91 Å². The summed E-state index contributed by atoms with van der Waals surface area (Å²) in [5.41, 5.74) is 1.69. The Kier molecular flexibility index (Phi) is 6.71. The van der Waals surface area contributed by atoms with Crippen molar-refractivity contribution < 1.29 is 19.1 Å². The molecule has 0 unspecified atom stereocenters. The van der Waals surface area contributed by atoms with Gasteiger partial charge in [-0.25, -0.2) is 4.79 Å². The fraction of sp³-hybridized carbons (Fsp3) is 0.500. The molecule has 2 heterocycles. The Bertz CT molecular complexity index is 1040. The third kappa shape index (κ3) is 4.26. The Morgan fingerprint density at radius 1 is 1.28 bits per heavy atom. The molecule has 2 aromatic rings. The van der Waals surface area contributed by atoms with Gasteiger partial charge < -0.3 is 10.1 Å². The summed E-state index contributed by atoms with van der Waals surface area (Å²) in [6.07, 6.45) is 0.833. The summed E-state index contributed by atoms with van der Waals surface area (Å²) in [7, 11) is 0. The predicted octanol–water partition coefficient (Wildman–Crippen LogP) is 3.26. The molecule has 0 saturated heterocycles. The second kappa shape index (κ2) is 9.14. The van der Waals surface area contributed by atoms with Gasteiger partial charge in [-0.3, -0.25) is 19.2 Å². The van der Waals surface area contributed by atoms with Crippen molar-refractivity contribution in [3.05, 3.63) is 46.8 Å². The highest BCUT2D eigenvalue weighted by Gasteiger charge is 2.49. The second-order valence-corrected chi connectivity index (χ2v) is 8.86. The molecular weight excluding hydrogens is 408 g/mol. The third-order valence-electron chi connectivity index (χ3n) is 5.95. The smallest absolute Gasteiger partial charge is 0.358 e. The molecule has 0 bridgehead atoms. The lowest BCUT2D eigenvalue weighted by atomic mass is 9.92. The molecule has 1 aromatic carbocycles. The van der Waals surface area contributed by atoms with E-state index >= 15 is 0 Å². The molecule has 0 fully saturated rings. The highest BCUT2D eigenvalue weighted by Crippen LogP contribution is 2.35. The molecule has 0 radical (unpaired) electrons. The van der Waals surface area contributed by atoms with E-state index < -0.39 is 11.5 Å². The van der Waals surface area contributed by atoms with Crippen LogP contribution in [0.1, 0.15) is 66.2 Å². The molecule has 1 aliphatic heterocycles. The Morgan fingerprint density at radius 3 is 2.66 bits per heavy atom. The topological polar surface area (TPSA) is 93.5 Å². The van der Waals surface area contributed by atoms with Gasteiger partial charge in [0.1, 0.15) is 11.2 Å². The minimum atomic E-state index is -1.22. The van der Waals surface area contributed by atoms with Crippen LogP contribution in [0.15, 0.2) is 24.3 Å². The molecule has 2 amide bonds. The molecule has 1 N–H and O–H groups in total. The van der Waals surface area contributed by atoms with Gasteiger partial charge in [0.15, 0.2) is 5.69 Å². The Morgan fingerprint density at radius 2 is 2.00 bits per heavy atom. The van der Waals surface area contributed by atoms with Crippen LogP contribution in [-0.4, -0.2) is 46.3 Å². The number of nitrogens with one attached hydrogen (secondary N) is 1. The van der Waals surface area contributed by atoms with E-state index in [-0.39, 0.29) is 36.4 Å². The summed E-state index contributed by atoms with van der Waals surface area (Å²) in [6, 6.07) is 7.13. The molecule has 0 aliphatic carbocycles. The number of benzene rings is 1. The summed E-state index contributed by atoms with van der Waals surface area (Å²) < 4.78 is 6.49. The quantitative estimate of drug-likeness (QED) is 0.667. The normalized spacial score (nSPS) is 18.0. The number of nitrogens with zero attached hydrogens (tertiary/aromatic N) is 3. The van der Waals surface area contributed by atoms with Crippen molar-refractivity contribution in [2.75, 3.05) is 18.1 Å². The van der Waals surface area contributed by atoms with E-state index in [0.717, 1.165) is 17.5 Å². The maximum Gasteiger partial charge on any atom is 0.358 e. The zero-order valence-electron chi connectivity index (χ0n) is 19.7. The van der Waals surface area contributed by atoms with Crippen LogP contribution in [0, 0.1) is 19.8 Å². The number of aryl methyl sites for hydroxylation is 1.